The van der Waals surface area contributed by atoms with Gasteiger partial charge >= 0.3 is 0 Å². The monoisotopic (exact) mass is 359 g/mol. The van der Waals surface area contributed by atoms with Crippen LogP contribution >= 0.6 is 23.4 Å². The normalized spacial score (nSPS) is 24.7. The van der Waals surface area contributed by atoms with E-state index in [2.05, 4.69) is 0 Å². The zero-order valence-electron chi connectivity index (χ0n) is 13.0. The van der Waals surface area contributed by atoms with Gasteiger partial charge in [-0.3, -0.25) is 19.3 Å². The zero-order valence-corrected chi connectivity index (χ0v) is 14.6. The summed E-state index contributed by atoms with van der Waals surface area (Å²) >= 11 is 7.16. The maximum Gasteiger partial charge on any atom is 0.272 e. The molecule has 2 heterocycles. The van der Waals surface area contributed by atoms with E-state index in [-0.39, 0.29) is 29.4 Å². The van der Waals surface area contributed by atoms with Crippen LogP contribution in [0.25, 0.3) is 0 Å². The Bertz CT molecular complexity index is 617. The van der Waals surface area contributed by atoms with Gasteiger partial charge in [0.2, 0.25) is 5.91 Å². The van der Waals surface area contributed by atoms with E-state index < -0.39 is 11.3 Å². The van der Waals surface area contributed by atoms with Crippen LogP contribution in [0.4, 0.5) is 0 Å². The third-order valence-corrected chi connectivity index (χ3v) is 5.23. The first-order valence-electron chi connectivity index (χ1n) is 7.04. The predicted molar refractivity (Wildman–Crippen MR) is 89.1 cm³/mol. The van der Waals surface area contributed by atoms with Crippen molar-refractivity contribution in [3.8, 4) is 0 Å². The topological polar surface area (TPSA) is 106 Å². The van der Waals surface area contributed by atoms with Gasteiger partial charge in [-0.25, -0.2) is 0 Å². The third kappa shape index (κ3) is 3.77. The summed E-state index contributed by atoms with van der Waals surface area (Å²) < 4.78 is 0.395. The Hall–Kier alpha value is -1.35. The van der Waals surface area contributed by atoms with Crippen molar-refractivity contribution in [2.24, 2.45) is 11.5 Å². The van der Waals surface area contributed by atoms with Gasteiger partial charge in [0.05, 0.1) is 20.6 Å². The Balaban J connectivity index is 2.16. The average molecular weight is 360 g/mol. The highest BCUT2D eigenvalue weighted by Crippen LogP contribution is 2.40. The number of quaternary nitrogens is 1. The summed E-state index contributed by atoms with van der Waals surface area (Å²) in [6.45, 7) is 0.763. The van der Waals surface area contributed by atoms with E-state index in [1.54, 1.807) is 6.08 Å². The fourth-order valence-electron chi connectivity index (χ4n) is 2.62. The lowest BCUT2D eigenvalue weighted by Gasteiger charge is -2.48. The summed E-state index contributed by atoms with van der Waals surface area (Å²) in [7, 11) is 3.75. The second kappa shape index (κ2) is 6.64. The molecule has 0 aromatic carbocycles. The lowest BCUT2D eigenvalue weighted by Crippen LogP contribution is -2.68. The van der Waals surface area contributed by atoms with Crippen molar-refractivity contribution in [1.82, 2.24) is 4.90 Å². The number of likely N-dealkylation sites (N-methyl/N-ethyl adjacent to an activating group) is 1. The van der Waals surface area contributed by atoms with E-state index >= 15 is 0 Å². The lowest BCUT2D eigenvalue weighted by molar-refractivity contribution is -0.876. The molecule has 0 saturated carbocycles. The average Bonchev–Trinajstić information content (AvgIpc) is 2.43. The number of carbonyl (C=O) groups is 3. The third-order valence-electron chi connectivity index (χ3n) is 3.73. The number of nitrogens with zero attached hydrogens (tertiary/aromatic N) is 2. The van der Waals surface area contributed by atoms with Crippen molar-refractivity contribution in [3.63, 3.8) is 0 Å². The molecule has 7 nitrogen and oxygen atoms in total. The van der Waals surface area contributed by atoms with E-state index in [0.717, 1.165) is 0 Å². The van der Waals surface area contributed by atoms with E-state index in [4.69, 9.17) is 23.1 Å². The molecule has 0 unspecified atom stereocenters. The number of halogens is 1. The van der Waals surface area contributed by atoms with Crippen LogP contribution in [0.1, 0.15) is 0 Å². The van der Waals surface area contributed by atoms with Crippen LogP contribution in [0.2, 0.25) is 0 Å². The number of primary amides is 1. The van der Waals surface area contributed by atoms with Crippen LogP contribution in [0.3, 0.4) is 0 Å². The van der Waals surface area contributed by atoms with Gasteiger partial charge in [-0.1, -0.05) is 6.08 Å². The van der Waals surface area contributed by atoms with Crippen LogP contribution in [0, 0.1) is 0 Å². The molecule has 0 aromatic heterocycles. The molecule has 1 fully saturated rings. The zero-order chi connectivity index (χ0) is 17.4. The fraction of sp³-hybridized carbons (Fsp3) is 0.500. The minimum atomic E-state index is -0.666. The highest BCUT2D eigenvalue weighted by atomic mass is 35.5. The Kier molecular flexibility index (Phi) is 5.20. The number of rotatable bonds is 6. The SMILES string of the molecule is C[N+](C)(C/C=C/C1=C(C(=O)Cl)N2C(=O)[C@@H](N)[C@H]2SC1)CC(N)=O. The van der Waals surface area contributed by atoms with Gasteiger partial charge in [0.25, 0.3) is 11.1 Å². The Morgan fingerprint density at radius 3 is 2.70 bits per heavy atom. The highest BCUT2D eigenvalue weighted by Gasteiger charge is 2.51. The summed E-state index contributed by atoms with van der Waals surface area (Å²) in [6.07, 6.45) is 3.63. The Morgan fingerprint density at radius 2 is 2.13 bits per heavy atom. The summed E-state index contributed by atoms with van der Waals surface area (Å²) in [5.41, 5.74) is 11.8. The predicted octanol–water partition coefficient (Wildman–Crippen LogP) is -0.634. The molecule has 2 amide bonds. The number of carbonyl (C=O) groups excluding carboxylic acids is 3. The molecule has 0 bridgehead atoms. The van der Waals surface area contributed by atoms with Crippen molar-refractivity contribution in [2.75, 3.05) is 32.9 Å². The van der Waals surface area contributed by atoms with Crippen molar-refractivity contribution >= 4 is 40.4 Å². The van der Waals surface area contributed by atoms with E-state index in [1.807, 2.05) is 20.2 Å². The molecule has 4 N–H and O–H groups in total. The lowest BCUT2D eigenvalue weighted by atomic mass is 10.0. The van der Waals surface area contributed by atoms with Crippen molar-refractivity contribution in [1.29, 1.82) is 0 Å². The molecule has 0 aromatic rings. The van der Waals surface area contributed by atoms with Crippen molar-refractivity contribution in [2.45, 2.75) is 11.4 Å². The number of nitrogens with two attached hydrogens (primary N) is 2. The van der Waals surface area contributed by atoms with Crippen molar-refractivity contribution in [3.05, 3.63) is 23.4 Å². The van der Waals surface area contributed by atoms with Crippen LogP contribution in [0.15, 0.2) is 23.4 Å². The van der Waals surface area contributed by atoms with Crippen molar-refractivity contribution < 1.29 is 18.9 Å². The van der Waals surface area contributed by atoms with E-state index in [0.29, 0.717) is 22.4 Å². The number of allylic oxidation sites excluding steroid dienone is 2. The van der Waals surface area contributed by atoms with E-state index in [1.165, 1.54) is 16.7 Å². The number of β-lactam (4-membered cyclic amide) rings is 1. The second-order valence-corrected chi connectivity index (χ2v) is 7.68. The molecule has 2 aliphatic heterocycles. The van der Waals surface area contributed by atoms with Crippen LogP contribution in [-0.2, 0) is 14.4 Å². The molecule has 23 heavy (non-hydrogen) atoms. The highest BCUT2D eigenvalue weighted by molar-refractivity contribution is 8.00. The quantitative estimate of drug-likeness (QED) is 0.373. The fourth-order valence-corrected chi connectivity index (χ4v) is 4.09. The molecular weight excluding hydrogens is 340 g/mol. The Morgan fingerprint density at radius 1 is 1.48 bits per heavy atom. The Labute approximate surface area is 143 Å². The van der Waals surface area contributed by atoms with Gasteiger partial charge in [0, 0.05) is 5.75 Å². The van der Waals surface area contributed by atoms with E-state index in [9.17, 15) is 14.4 Å². The first-order chi connectivity index (χ1) is 10.6. The van der Waals surface area contributed by atoms with Gasteiger partial charge < -0.3 is 16.0 Å². The molecule has 126 valence electrons. The summed E-state index contributed by atoms with van der Waals surface area (Å²) in [4.78, 5) is 36.0. The molecule has 2 rings (SSSR count). The van der Waals surface area contributed by atoms with Crippen LogP contribution in [0.5, 0.6) is 0 Å². The standard InChI is InChI=1S/C14H19ClN4O3S/c1-19(2,6-9(16)20)5-3-4-8-7-23-14-10(17)13(22)18(14)11(8)12(15)21/h3-4,10,14H,5-7,17H2,1-2H3,(H-,16,20)/p+1/b4-3+/t10-,14-/m1/s1. The number of thioether (sulfide) groups is 1. The van der Waals surface area contributed by atoms with Gasteiger partial charge in [0.15, 0.2) is 6.54 Å². The minimum absolute atomic E-state index is 0.207. The van der Waals surface area contributed by atoms with Gasteiger partial charge in [-0.15, -0.1) is 11.8 Å². The number of hydrogen-bond donors (Lipinski definition) is 2. The summed E-state index contributed by atoms with van der Waals surface area (Å²) in [6, 6.07) is -0.581. The molecule has 1 saturated heterocycles. The van der Waals surface area contributed by atoms with Crippen LogP contribution in [-0.4, -0.2) is 70.8 Å². The molecule has 9 heteroatoms. The number of hydrogen-bond acceptors (Lipinski definition) is 5. The van der Waals surface area contributed by atoms with Gasteiger partial charge in [-0.2, -0.15) is 0 Å². The summed E-state index contributed by atoms with van der Waals surface area (Å²) in [5.74, 6) is -0.118. The smallest absolute Gasteiger partial charge is 0.272 e. The first-order valence-corrected chi connectivity index (χ1v) is 8.47. The molecule has 2 atom stereocenters. The first kappa shape index (κ1) is 18.0. The minimum Gasteiger partial charge on any atom is -0.365 e. The largest absolute Gasteiger partial charge is 0.365 e. The molecule has 2 aliphatic rings. The maximum atomic E-state index is 11.9. The number of amides is 2. The van der Waals surface area contributed by atoms with Crippen LogP contribution < -0.4 is 11.5 Å². The van der Waals surface area contributed by atoms with Gasteiger partial charge in [0.1, 0.15) is 17.1 Å². The second-order valence-electron chi connectivity index (χ2n) is 6.23. The molecule has 0 radical (unpaired) electrons. The molecule has 0 aliphatic carbocycles. The number of fused-ring (bicyclic) bond motifs is 1. The van der Waals surface area contributed by atoms with Gasteiger partial charge in [-0.05, 0) is 23.3 Å². The maximum absolute atomic E-state index is 11.9. The summed E-state index contributed by atoms with van der Waals surface area (Å²) in [5, 5.41) is -0.888. The molecule has 0 spiro atoms. The molecular formula is C14H20ClN4O3S+.